The van der Waals surface area contributed by atoms with Crippen molar-refractivity contribution in [1.82, 2.24) is 9.55 Å². The van der Waals surface area contributed by atoms with E-state index in [4.69, 9.17) is 19.3 Å². The zero-order valence-electron chi connectivity index (χ0n) is 20.3. The first-order valence-electron chi connectivity index (χ1n) is 11.8. The minimum atomic E-state index is -0.961. The number of fused-ring (bicyclic) bond motifs is 1. The highest BCUT2D eigenvalue weighted by Crippen LogP contribution is 2.19. The normalized spacial score (nSPS) is 12.4. The van der Waals surface area contributed by atoms with Crippen molar-refractivity contribution in [1.29, 1.82) is 0 Å². The smallest absolute Gasteiger partial charge is 0.333 e. The fraction of sp³-hybridized carbons (Fsp3) is 0.250. The molecule has 8 nitrogen and oxygen atoms in total. The molecule has 0 bridgehead atoms. The van der Waals surface area contributed by atoms with Crippen LogP contribution in [0.3, 0.4) is 0 Å². The number of benzene rings is 2. The summed E-state index contributed by atoms with van der Waals surface area (Å²) in [6.45, 7) is 3.20. The minimum absolute atomic E-state index is 0.310. The van der Waals surface area contributed by atoms with Crippen molar-refractivity contribution >= 4 is 22.7 Å². The number of pyridine rings is 1. The molecule has 1 unspecified atom stereocenters. The molecule has 0 fully saturated rings. The van der Waals surface area contributed by atoms with Gasteiger partial charge in [0, 0.05) is 30.2 Å². The monoisotopic (exact) mass is 487 g/mol. The van der Waals surface area contributed by atoms with Crippen molar-refractivity contribution in [3.63, 3.8) is 0 Å². The third-order valence-corrected chi connectivity index (χ3v) is 5.67. The van der Waals surface area contributed by atoms with E-state index in [0.29, 0.717) is 37.6 Å². The Morgan fingerprint density at radius 1 is 1.06 bits per heavy atom. The topological polar surface area (TPSA) is 95.2 Å². The Morgan fingerprint density at radius 3 is 2.53 bits per heavy atom. The average Bonchev–Trinajstić information content (AvgIpc) is 3.30. The summed E-state index contributed by atoms with van der Waals surface area (Å²) in [6.07, 6.45) is 1.45. The molecule has 0 aliphatic heterocycles. The number of carboxylic acids is 1. The van der Waals surface area contributed by atoms with Crippen LogP contribution in [0, 0.1) is 0 Å². The second kappa shape index (κ2) is 12.0. The Bertz CT molecular complexity index is 1320. The number of oxime groups is 1. The summed E-state index contributed by atoms with van der Waals surface area (Å²) in [5, 5.41) is 14.5. The number of hydrogen-bond donors (Lipinski definition) is 1. The number of aliphatic carboxylic acids is 1. The molecule has 1 atom stereocenters. The molecular formula is C28H29N3O5. The molecule has 0 spiro atoms. The Morgan fingerprint density at radius 2 is 1.83 bits per heavy atom. The lowest BCUT2D eigenvalue weighted by Gasteiger charge is -2.13. The summed E-state index contributed by atoms with van der Waals surface area (Å²) in [4.78, 5) is 21.3. The van der Waals surface area contributed by atoms with E-state index in [2.05, 4.69) is 5.16 Å². The molecule has 0 saturated carbocycles. The maximum absolute atomic E-state index is 11.3. The highest BCUT2D eigenvalue weighted by Gasteiger charge is 2.18. The van der Waals surface area contributed by atoms with Gasteiger partial charge >= 0.3 is 5.97 Å². The van der Waals surface area contributed by atoms with Gasteiger partial charge in [-0.1, -0.05) is 47.6 Å². The van der Waals surface area contributed by atoms with E-state index in [1.54, 1.807) is 6.92 Å². The Labute approximate surface area is 209 Å². The van der Waals surface area contributed by atoms with E-state index in [0.717, 1.165) is 27.9 Å². The van der Waals surface area contributed by atoms with Gasteiger partial charge in [-0.05, 0) is 42.8 Å². The average molecular weight is 488 g/mol. The van der Waals surface area contributed by atoms with Crippen molar-refractivity contribution in [2.75, 3.05) is 20.3 Å². The fourth-order valence-electron chi connectivity index (χ4n) is 3.92. The van der Waals surface area contributed by atoms with Crippen LogP contribution < -0.4 is 4.74 Å². The third-order valence-electron chi connectivity index (χ3n) is 5.67. The first-order chi connectivity index (χ1) is 17.6. The second-order valence-corrected chi connectivity index (χ2v) is 8.09. The number of nitrogens with zero attached hydrogens (tertiary/aromatic N) is 3. The molecule has 0 aliphatic rings. The van der Waals surface area contributed by atoms with Gasteiger partial charge in [0.05, 0.1) is 12.2 Å². The van der Waals surface area contributed by atoms with Gasteiger partial charge in [-0.2, -0.15) is 0 Å². The number of hydrogen-bond acceptors (Lipinski definition) is 6. The number of ether oxygens (including phenoxy) is 2. The van der Waals surface area contributed by atoms with Crippen molar-refractivity contribution < 1.29 is 24.2 Å². The lowest BCUT2D eigenvalue weighted by atomic mass is 10.1. The van der Waals surface area contributed by atoms with Crippen LogP contribution in [0.2, 0.25) is 0 Å². The van der Waals surface area contributed by atoms with Crippen LogP contribution in [0.15, 0.2) is 84.1 Å². The number of rotatable bonds is 12. The van der Waals surface area contributed by atoms with Gasteiger partial charge in [0.25, 0.3) is 0 Å². The quantitative estimate of drug-likeness (QED) is 0.233. The number of aromatic nitrogens is 2. The molecule has 186 valence electrons. The summed E-state index contributed by atoms with van der Waals surface area (Å²) in [7, 11) is 1.53. The predicted molar refractivity (Wildman–Crippen MR) is 138 cm³/mol. The molecule has 0 saturated heterocycles. The molecule has 2 aromatic heterocycles. The molecule has 1 N–H and O–H groups in total. The molecule has 2 aromatic carbocycles. The summed E-state index contributed by atoms with van der Waals surface area (Å²) in [5.74, 6) is -0.247. The molecule has 4 rings (SSSR count). The van der Waals surface area contributed by atoms with Gasteiger partial charge in [0.2, 0.25) is 0 Å². The van der Waals surface area contributed by atoms with Gasteiger partial charge in [0.15, 0.2) is 6.10 Å². The second-order valence-electron chi connectivity index (χ2n) is 8.09. The highest BCUT2D eigenvalue weighted by atomic mass is 16.6. The van der Waals surface area contributed by atoms with Gasteiger partial charge in [-0.25, -0.2) is 9.78 Å². The zero-order chi connectivity index (χ0) is 25.3. The molecule has 8 heteroatoms. The zero-order valence-corrected chi connectivity index (χ0v) is 20.3. The lowest BCUT2D eigenvalue weighted by Crippen LogP contribution is -2.26. The predicted octanol–water partition coefficient (Wildman–Crippen LogP) is 4.55. The van der Waals surface area contributed by atoms with Crippen LogP contribution in [-0.4, -0.2) is 52.8 Å². The van der Waals surface area contributed by atoms with E-state index < -0.39 is 12.1 Å². The van der Waals surface area contributed by atoms with E-state index in [9.17, 15) is 9.90 Å². The van der Waals surface area contributed by atoms with Crippen molar-refractivity contribution in [2.45, 2.75) is 26.0 Å². The maximum Gasteiger partial charge on any atom is 0.333 e. The SMILES string of the molecule is CCOC(Cc1ccc(OCCn2ccc3ccc(/C(=N/OC)c4ccccc4)nc32)cc1)C(=O)O. The van der Waals surface area contributed by atoms with Crippen LogP contribution >= 0.6 is 0 Å². The van der Waals surface area contributed by atoms with Gasteiger partial charge < -0.3 is 24.0 Å². The minimum Gasteiger partial charge on any atom is -0.492 e. The van der Waals surface area contributed by atoms with Gasteiger partial charge in [-0.15, -0.1) is 0 Å². The van der Waals surface area contributed by atoms with E-state index in [1.165, 1.54) is 7.11 Å². The fourth-order valence-corrected chi connectivity index (χ4v) is 3.92. The standard InChI is InChI=1S/C28H29N3O5/c1-3-35-25(28(32)33)19-20-9-12-23(13-10-20)36-18-17-31-16-15-22-11-14-24(29-27(22)31)26(30-34-2)21-7-5-4-6-8-21/h4-16,25H,3,17-19H2,1-2H3,(H,32,33)/b30-26+. The Kier molecular flexibility index (Phi) is 8.31. The van der Waals surface area contributed by atoms with Crippen LogP contribution in [0.5, 0.6) is 5.75 Å². The molecule has 0 aliphatic carbocycles. The molecule has 2 heterocycles. The van der Waals surface area contributed by atoms with Crippen molar-refractivity contribution in [3.8, 4) is 5.75 Å². The molecular weight excluding hydrogens is 458 g/mol. The molecule has 0 amide bonds. The van der Waals surface area contributed by atoms with E-state index in [-0.39, 0.29) is 0 Å². The van der Waals surface area contributed by atoms with Gasteiger partial charge in [0.1, 0.15) is 30.8 Å². The number of carboxylic acid groups (broad SMARTS) is 1. The lowest BCUT2D eigenvalue weighted by molar-refractivity contribution is -0.149. The van der Waals surface area contributed by atoms with Crippen LogP contribution in [-0.2, 0) is 27.3 Å². The first-order valence-corrected chi connectivity index (χ1v) is 11.8. The summed E-state index contributed by atoms with van der Waals surface area (Å²) in [5.41, 5.74) is 4.02. The Hall–Kier alpha value is -4.17. The first kappa shape index (κ1) is 24.9. The third kappa shape index (κ3) is 6.09. The highest BCUT2D eigenvalue weighted by molar-refractivity contribution is 6.12. The molecule has 36 heavy (non-hydrogen) atoms. The van der Waals surface area contributed by atoms with Crippen LogP contribution in [0.1, 0.15) is 23.7 Å². The maximum atomic E-state index is 11.3. The van der Waals surface area contributed by atoms with Crippen LogP contribution in [0.25, 0.3) is 11.0 Å². The van der Waals surface area contributed by atoms with Crippen LogP contribution in [0.4, 0.5) is 0 Å². The van der Waals surface area contributed by atoms with Crippen molar-refractivity contribution in [2.24, 2.45) is 5.16 Å². The Balaban J connectivity index is 1.42. The summed E-state index contributed by atoms with van der Waals surface area (Å²) < 4.78 is 13.3. The van der Waals surface area contributed by atoms with E-state index in [1.807, 2.05) is 83.6 Å². The molecule has 0 radical (unpaired) electrons. The van der Waals surface area contributed by atoms with Gasteiger partial charge in [-0.3, -0.25) is 0 Å². The summed E-state index contributed by atoms with van der Waals surface area (Å²) in [6, 6.07) is 23.2. The number of carbonyl (C=O) groups is 1. The molecule has 4 aromatic rings. The van der Waals surface area contributed by atoms with E-state index >= 15 is 0 Å². The largest absolute Gasteiger partial charge is 0.492 e. The summed E-state index contributed by atoms with van der Waals surface area (Å²) >= 11 is 0. The van der Waals surface area contributed by atoms with Crippen molar-refractivity contribution in [3.05, 3.63) is 95.8 Å².